The van der Waals surface area contributed by atoms with Crippen LogP contribution < -0.4 is 0 Å². The summed E-state index contributed by atoms with van der Waals surface area (Å²) >= 11 is 0. The van der Waals surface area contributed by atoms with E-state index in [1.807, 2.05) is 0 Å². The molecule has 0 aromatic heterocycles. The summed E-state index contributed by atoms with van der Waals surface area (Å²) in [6, 6.07) is 6.35. The van der Waals surface area contributed by atoms with Gasteiger partial charge in [0.15, 0.2) is 5.78 Å². The summed E-state index contributed by atoms with van der Waals surface area (Å²) in [5.41, 5.74) is 0.439. The van der Waals surface area contributed by atoms with E-state index in [1.165, 1.54) is 6.07 Å². The third kappa shape index (κ3) is 4.96. The van der Waals surface area contributed by atoms with Gasteiger partial charge in [-0.25, -0.2) is 4.39 Å². The summed E-state index contributed by atoms with van der Waals surface area (Å²) in [4.78, 5) is 11.6. The first-order valence-corrected chi connectivity index (χ1v) is 6.50. The number of hydrogen-bond donors (Lipinski definition) is 0. The third-order valence-electron chi connectivity index (χ3n) is 3.12. The van der Waals surface area contributed by atoms with Crippen LogP contribution in [0.5, 0.6) is 0 Å². The molecule has 1 aromatic rings. The fourth-order valence-corrected chi connectivity index (χ4v) is 1.77. The van der Waals surface area contributed by atoms with Crippen LogP contribution in [-0.2, 0) is 16.0 Å². The van der Waals surface area contributed by atoms with Gasteiger partial charge in [-0.05, 0) is 17.5 Å². The Labute approximate surface area is 108 Å². The van der Waals surface area contributed by atoms with Crippen LogP contribution in [0, 0.1) is 11.7 Å². The summed E-state index contributed by atoms with van der Waals surface area (Å²) in [5.74, 6) is 0.100. The quantitative estimate of drug-likeness (QED) is 0.709. The zero-order valence-corrected chi connectivity index (χ0v) is 11.1. The van der Waals surface area contributed by atoms with Crippen molar-refractivity contribution in [1.82, 2.24) is 0 Å². The predicted molar refractivity (Wildman–Crippen MR) is 70.0 cm³/mol. The van der Waals surface area contributed by atoms with Crippen LogP contribution >= 0.6 is 0 Å². The van der Waals surface area contributed by atoms with Gasteiger partial charge in [-0.15, -0.1) is 0 Å². The summed E-state index contributed by atoms with van der Waals surface area (Å²) in [6.45, 7) is 4.90. The van der Waals surface area contributed by atoms with E-state index in [0.29, 0.717) is 18.1 Å². The number of rotatable bonds is 8. The molecule has 0 aliphatic heterocycles. The summed E-state index contributed by atoms with van der Waals surface area (Å²) in [5, 5.41) is 0. The molecule has 0 spiro atoms. The normalized spacial score (nSPS) is 10.9. The average molecular weight is 252 g/mol. The second kappa shape index (κ2) is 7.98. The van der Waals surface area contributed by atoms with Crippen molar-refractivity contribution in [3.63, 3.8) is 0 Å². The number of benzene rings is 1. The Morgan fingerprint density at radius 3 is 2.56 bits per heavy atom. The third-order valence-corrected chi connectivity index (χ3v) is 3.12. The first-order valence-electron chi connectivity index (χ1n) is 6.50. The van der Waals surface area contributed by atoms with Gasteiger partial charge in [-0.3, -0.25) is 4.79 Å². The van der Waals surface area contributed by atoms with E-state index >= 15 is 0 Å². The Bertz CT molecular complexity index is 373. The highest BCUT2D eigenvalue weighted by atomic mass is 19.1. The van der Waals surface area contributed by atoms with Crippen LogP contribution in [0.1, 0.15) is 32.3 Å². The topological polar surface area (TPSA) is 26.3 Å². The maximum atomic E-state index is 13.3. The number of hydrogen-bond acceptors (Lipinski definition) is 2. The van der Waals surface area contributed by atoms with Gasteiger partial charge in [0.25, 0.3) is 0 Å². The van der Waals surface area contributed by atoms with E-state index in [-0.39, 0.29) is 24.6 Å². The Balaban J connectivity index is 2.32. The van der Waals surface area contributed by atoms with Gasteiger partial charge in [0, 0.05) is 13.0 Å². The molecule has 0 unspecified atom stereocenters. The zero-order chi connectivity index (χ0) is 13.4. The predicted octanol–water partition coefficient (Wildman–Crippen LogP) is 3.39. The number of ether oxygens (including phenoxy) is 1. The molecule has 0 aliphatic carbocycles. The Kier molecular flexibility index (Phi) is 6.58. The molecule has 0 aliphatic rings. The Morgan fingerprint density at radius 1 is 1.28 bits per heavy atom. The number of carbonyl (C=O) groups is 1. The molecule has 0 fully saturated rings. The average Bonchev–Trinajstić information content (AvgIpc) is 2.37. The minimum absolute atomic E-state index is 0.0742. The molecule has 0 amide bonds. The van der Waals surface area contributed by atoms with Crippen molar-refractivity contribution < 1.29 is 13.9 Å². The molecule has 0 N–H and O–H groups in total. The van der Waals surface area contributed by atoms with Gasteiger partial charge in [0.1, 0.15) is 12.4 Å². The number of ketones is 1. The molecule has 100 valence electrons. The van der Waals surface area contributed by atoms with E-state index in [9.17, 15) is 9.18 Å². The first-order chi connectivity index (χ1) is 8.67. The van der Waals surface area contributed by atoms with Gasteiger partial charge in [0.2, 0.25) is 0 Å². The minimum Gasteiger partial charge on any atom is -0.373 e. The van der Waals surface area contributed by atoms with Crippen molar-refractivity contribution in [2.75, 3.05) is 13.2 Å². The van der Waals surface area contributed by atoms with E-state index in [0.717, 1.165) is 12.8 Å². The number of Topliss-reactive ketones (excluding diaryl/α,β-unsaturated/α-hetero) is 1. The lowest BCUT2D eigenvalue weighted by Crippen LogP contribution is -2.16. The Morgan fingerprint density at radius 2 is 1.94 bits per heavy atom. The van der Waals surface area contributed by atoms with Gasteiger partial charge in [-0.1, -0.05) is 44.9 Å². The minimum atomic E-state index is -0.328. The SMILES string of the molecule is CCC(CC)COCC(=O)Cc1ccccc1F. The molecular weight excluding hydrogens is 231 g/mol. The Hall–Kier alpha value is -1.22. The highest BCUT2D eigenvalue weighted by molar-refractivity contribution is 5.82. The van der Waals surface area contributed by atoms with Crippen molar-refractivity contribution in [2.24, 2.45) is 5.92 Å². The van der Waals surface area contributed by atoms with Gasteiger partial charge in [-0.2, -0.15) is 0 Å². The standard InChI is InChI=1S/C15H21FO2/c1-3-12(4-2)10-18-11-14(17)9-13-7-5-6-8-15(13)16/h5-8,12H,3-4,9-11H2,1-2H3. The second-order valence-electron chi connectivity index (χ2n) is 4.50. The first kappa shape index (κ1) is 14.8. The lowest BCUT2D eigenvalue weighted by atomic mass is 10.1. The molecule has 2 nitrogen and oxygen atoms in total. The van der Waals surface area contributed by atoms with Gasteiger partial charge >= 0.3 is 0 Å². The zero-order valence-electron chi connectivity index (χ0n) is 11.1. The highest BCUT2D eigenvalue weighted by Gasteiger charge is 2.09. The molecule has 3 heteroatoms. The molecule has 0 saturated heterocycles. The number of halogens is 1. The fourth-order valence-electron chi connectivity index (χ4n) is 1.77. The summed E-state index contributed by atoms with van der Waals surface area (Å²) in [7, 11) is 0. The highest BCUT2D eigenvalue weighted by Crippen LogP contribution is 2.09. The van der Waals surface area contributed by atoms with Gasteiger partial charge < -0.3 is 4.74 Å². The van der Waals surface area contributed by atoms with E-state index in [2.05, 4.69) is 13.8 Å². The summed E-state index contributed by atoms with van der Waals surface area (Å²) < 4.78 is 18.7. The largest absolute Gasteiger partial charge is 0.373 e. The molecule has 1 rings (SSSR count). The van der Waals surface area contributed by atoms with Crippen LogP contribution in [0.4, 0.5) is 4.39 Å². The van der Waals surface area contributed by atoms with Crippen LogP contribution in [0.25, 0.3) is 0 Å². The smallest absolute Gasteiger partial charge is 0.162 e. The van der Waals surface area contributed by atoms with Crippen LogP contribution in [-0.4, -0.2) is 19.0 Å². The van der Waals surface area contributed by atoms with Crippen LogP contribution in [0.3, 0.4) is 0 Å². The van der Waals surface area contributed by atoms with Crippen molar-refractivity contribution in [3.05, 3.63) is 35.6 Å². The molecular formula is C15H21FO2. The second-order valence-corrected chi connectivity index (χ2v) is 4.50. The van der Waals surface area contributed by atoms with E-state index in [4.69, 9.17) is 4.74 Å². The van der Waals surface area contributed by atoms with E-state index in [1.54, 1.807) is 18.2 Å². The van der Waals surface area contributed by atoms with Crippen molar-refractivity contribution >= 4 is 5.78 Å². The molecule has 0 bridgehead atoms. The van der Waals surface area contributed by atoms with Crippen molar-refractivity contribution in [3.8, 4) is 0 Å². The lowest BCUT2D eigenvalue weighted by Gasteiger charge is -2.12. The van der Waals surface area contributed by atoms with Crippen molar-refractivity contribution in [1.29, 1.82) is 0 Å². The monoisotopic (exact) mass is 252 g/mol. The fraction of sp³-hybridized carbons (Fsp3) is 0.533. The molecule has 0 radical (unpaired) electrons. The van der Waals surface area contributed by atoms with Crippen LogP contribution in [0.15, 0.2) is 24.3 Å². The molecule has 0 atom stereocenters. The lowest BCUT2D eigenvalue weighted by molar-refractivity contribution is -0.123. The van der Waals surface area contributed by atoms with E-state index < -0.39 is 0 Å². The maximum Gasteiger partial charge on any atom is 0.162 e. The molecule has 1 aromatic carbocycles. The van der Waals surface area contributed by atoms with Crippen molar-refractivity contribution in [2.45, 2.75) is 33.1 Å². The number of carbonyl (C=O) groups excluding carboxylic acids is 1. The maximum absolute atomic E-state index is 13.3. The molecule has 0 saturated carbocycles. The molecule has 18 heavy (non-hydrogen) atoms. The summed E-state index contributed by atoms with van der Waals surface area (Å²) in [6.07, 6.45) is 2.21. The molecule has 0 heterocycles. The van der Waals surface area contributed by atoms with Crippen LogP contribution in [0.2, 0.25) is 0 Å². The van der Waals surface area contributed by atoms with Gasteiger partial charge in [0.05, 0.1) is 0 Å².